The summed E-state index contributed by atoms with van der Waals surface area (Å²) < 4.78 is 0. The van der Waals surface area contributed by atoms with Gasteiger partial charge in [-0.3, -0.25) is 14.4 Å². The molecule has 0 radical (unpaired) electrons. The normalized spacial score (nSPS) is 19.3. The largest absolute Gasteiger partial charge is 0.347 e. The van der Waals surface area contributed by atoms with E-state index in [-0.39, 0.29) is 24.3 Å². The van der Waals surface area contributed by atoms with Crippen LogP contribution in [0, 0.1) is 12.3 Å². The first-order valence-corrected chi connectivity index (χ1v) is 16.4. The highest BCUT2D eigenvalue weighted by atomic mass is 28.3. The third kappa shape index (κ3) is 4.92. The van der Waals surface area contributed by atoms with Crippen LogP contribution in [0.25, 0.3) is 5.57 Å². The number of allylic oxidation sites excluding steroid dienone is 5. The van der Waals surface area contributed by atoms with Crippen molar-refractivity contribution in [2.45, 2.75) is 45.8 Å². The molecule has 5 rings (SSSR count). The highest BCUT2D eigenvalue weighted by Gasteiger charge is 2.40. The fourth-order valence-electron chi connectivity index (χ4n) is 5.94. The first kappa shape index (κ1) is 26.6. The second-order valence-electron chi connectivity index (χ2n) is 11.0. The van der Waals surface area contributed by atoms with Crippen LogP contribution >= 0.6 is 0 Å². The zero-order chi connectivity index (χ0) is 27.9. The minimum Gasteiger partial charge on any atom is -0.347 e. The summed E-state index contributed by atoms with van der Waals surface area (Å²) in [4.78, 5) is 38.8. The molecular formula is C31H34N4O3Si. The molecule has 8 heteroatoms. The maximum absolute atomic E-state index is 13.4. The molecule has 1 atom stereocenters. The molecule has 200 valence electrons. The van der Waals surface area contributed by atoms with Gasteiger partial charge in [0.25, 0.3) is 0 Å². The molecule has 2 heterocycles. The lowest BCUT2D eigenvalue weighted by Gasteiger charge is -2.38. The molecular weight excluding hydrogens is 504 g/mol. The van der Waals surface area contributed by atoms with E-state index in [0.29, 0.717) is 24.4 Å². The van der Waals surface area contributed by atoms with Crippen LogP contribution in [-0.2, 0) is 14.4 Å². The summed E-state index contributed by atoms with van der Waals surface area (Å²) in [6.45, 7) is 8.47. The molecule has 0 spiro atoms. The Morgan fingerprint density at radius 3 is 2.59 bits per heavy atom. The average molecular weight is 539 g/mol. The molecule has 1 fully saturated rings. The topological polar surface area (TPSA) is 102 Å². The zero-order valence-corrected chi connectivity index (χ0v) is 23.9. The average Bonchev–Trinajstić information content (AvgIpc) is 3.39. The molecule has 0 saturated carbocycles. The Hall–Kier alpha value is -4.04. The van der Waals surface area contributed by atoms with E-state index in [2.05, 4.69) is 67.1 Å². The second kappa shape index (κ2) is 10.3. The molecule has 1 aliphatic carbocycles. The summed E-state index contributed by atoms with van der Waals surface area (Å²) in [6.07, 6.45) is 7.29. The highest BCUT2D eigenvalue weighted by Crippen LogP contribution is 2.42. The van der Waals surface area contributed by atoms with Crippen LogP contribution in [0.15, 0.2) is 71.5 Å². The highest BCUT2D eigenvalue weighted by molar-refractivity contribution is 6.98. The number of nitrogens with one attached hydrogen (secondary N) is 3. The number of amides is 3. The molecule has 1 unspecified atom stereocenters. The van der Waals surface area contributed by atoms with Crippen molar-refractivity contribution in [1.29, 1.82) is 5.41 Å². The van der Waals surface area contributed by atoms with Crippen LogP contribution < -0.4 is 15.8 Å². The molecule has 2 aromatic rings. The summed E-state index contributed by atoms with van der Waals surface area (Å²) in [7, 11) is -2.22. The van der Waals surface area contributed by atoms with Gasteiger partial charge in [-0.25, -0.2) is 0 Å². The van der Waals surface area contributed by atoms with Crippen molar-refractivity contribution >= 4 is 48.0 Å². The standard InChI is InChI=1S/C31H34N4O3Si/c1-19-8-5-6-9-23(19)30-24-13-11-21(32)16-27(24)39(3,4)28-17-22(12-14-25(28)30)34-31(38)26-10-7-15-35(26)29(37)18-33-20(2)36/h5-6,8-9,11-14,16-17,26,32H,7,10,15,18H2,1-4H3,(H,33,36)(H,34,38). The van der Waals surface area contributed by atoms with Gasteiger partial charge >= 0.3 is 0 Å². The number of carbonyl (C=O) groups is 3. The van der Waals surface area contributed by atoms with Crippen LogP contribution in [0.4, 0.5) is 5.69 Å². The number of aryl methyl sites for hydroxylation is 1. The van der Waals surface area contributed by atoms with E-state index < -0.39 is 14.1 Å². The lowest BCUT2D eigenvalue weighted by molar-refractivity contribution is -0.136. The Bertz CT molecular complexity index is 1500. The molecule has 2 aliphatic heterocycles. The number of rotatable bonds is 5. The van der Waals surface area contributed by atoms with Gasteiger partial charge in [0.05, 0.1) is 12.3 Å². The Labute approximate surface area is 230 Å². The maximum atomic E-state index is 13.4. The van der Waals surface area contributed by atoms with E-state index in [1.807, 2.05) is 24.3 Å². The van der Waals surface area contributed by atoms with Gasteiger partial charge in [-0.05, 0) is 82.3 Å². The summed E-state index contributed by atoms with van der Waals surface area (Å²) in [6, 6.07) is 13.9. The number of likely N-dealkylation sites (tertiary alicyclic amines) is 1. The van der Waals surface area contributed by atoms with Gasteiger partial charge in [0.1, 0.15) is 14.1 Å². The number of carbonyl (C=O) groups excluding carboxylic acids is 3. The van der Waals surface area contributed by atoms with Crippen LogP contribution in [0.1, 0.15) is 36.5 Å². The first-order valence-electron chi connectivity index (χ1n) is 13.4. The first-order chi connectivity index (χ1) is 18.6. The summed E-state index contributed by atoms with van der Waals surface area (Å²) in [5.41, 5.74) is 7.06. The van der Waals surface area contributed by atoms with E-state index in [1.54, 1.807) is 4.90 Å². The maximum Gasteiger partial charge on any atom is 0.247 e. The van der Waals surface area contributed by atoms with Crippen molar-refractivity contribution in [1.82, 2.24) is 10.2 Å². The van der Waals surface area contributed by atoms with E-state index in [0.717, 1.165) is 17.6 Å². The van der Waals surface area contributed by atoms with Gasteiger partial charge in [-0.15, -0.1) is 0 Å². The quantitative estimate of drug-likeness (QED) is 0.504. The van der Waals surface area contributed by atoms with E-state index in [1.165, 1.54) is 34.0 Å². The second-order valence-corrected chi connectivity index (χ2v) is 15.3. The Morgan fingerprint density at radius 2 is 1.85 bits per heavy atom. The number of benzene rings is 2. The number of fused-ring (bicyclic) bond motifs is 2. The number of hydrogen-bond acceptors (Lipinski definition) is 4. The molecule has 7 nitrogen and oxygen atoms in total. The third-order valence-electron chi connectivity index (χ3n) is 7.97. The zero-order valence-electron chi connectivity index (χ0n) is 22.9. The van der Waals surface area contributed by atoms with E-state index in [4.69, 9.17) is 5.41 Å². The number of hydrogen-bond donors (Lipinski definition) is 3. The SMILES string of the molecule is CC(=O)NCC(=O)N1CCCC1C(=O)Nc1ccc2c(c1)[Si](C)(C)C1=CC(=N)C=CC1=C2c1ccccc1C. The van der Waals surface area contributed by atoms with E-state index >= 15 is 0 Å². The van der Waals surface area contributed by atoms with Crippen LogP contribution in [-0.4, -0.2) is 55.5 Å². The van der Waals surface area contributed by atoms with Gasteiger partial charge in [-0.2, -0.15) is 0 Å². The Balaban J connectivity index is 1.51. The number of nitrogens with zero attached hydrogens (tertiary/aromatic N) is 1. The van der Waals surface area contributed by atoms with Gasteiger partial charge in [-0.1, -0.05) is 49.5 Å². The number of anilines is 1. The van der Waals surface area contributed by atoms with E-state index in [9.17, 15) is 14.4 Å². The molecule has 3 N–H and O–H groups in total. The van der Waals surface area contributed by atoms with Gasteiger partial charge in [0, 0.05) is 19.2 Å². The summed E-state index contributed by atoms with van der Waals surface area (Å²) >= 11 is 0. The van der Waals surface area contributed by atoms with Crippen molar-refractivity contribution < 1.29 is 14.4 Å². The van der Waals surface area contributed by atoms with Crippen LogP contribution in [0.2, 0.25) is 13.1 Å². The smallest absolute Gasteiger partial charge is 0.247 e. The van der Waals surface area contributed by atoms with Gasteiger partial charge in [0.15, 0.2) is 0 Å². The molecule has 3 amide bonds. The van der Waals surface area contributed by atoms with Crippen molar-refractivity contribution in [2.24, 2.45) is 0 Å². The van der Waals surface area contributed by atoms with Gasteiger partial charge in [0.2, 0.25) is 17.7 Å². The molecule has 2 aromatic carbocycles. The lowest BCUT2D eigenvalue weighted by atomic mass is 9.87. The molecule has 3 aliphatic rings. The molecule has 0 aromatic heterocycles. The van der Waals surface area contributed by atoms with Crippen LogP contribution in [0.5, 0.6) is 0 Å². The Morgan fingerprint density at radius 1 is 1.08 bits per heavy atom. The molecule has 39 heavy (non-hydrogen) atoms. The lowest BCUT2D eigenvalue weighted by Crippen LogP contribution is -2.50. The molecule has 1 saturated heterocycles. The van der Waals surface area contributed by atoms with Crippen molar-refractivity contribution in [2.75, 3.05) is 18.4 Å². The molecule has 0 bridgehead atoms. The fourth-order valence-corrected chi connectivity index (χ4v) is 9.02. The van der Waals surface area contributed by atoms with Crippen molar-refractivity contribution in [3.63, 3.8) is 0 Å². The van der Waals surface area contributed by atoms with Crippen molar-refractivity contribution in [3.8, 4) is 0 Å². The predicted molar refractivity (Wildman–Crippen MR) is 158 cm³/mol. The third-order valence-corrected chi connectivity index (χ3v) is 11.5. The summed E-state index contributed by atoms with van der Waals surface area (Å²) in [5, 5.41) is 16.4. The minimum atomic E-state index is -2.22. The fraction of sp³-hybridized carbons (Fsp3) is 0.290. The van der Waals surface area contributed by atoms with Gasteiger partial charge < -0.3 is 20.9 Å². The summed E-state index contributed by atoms with van der Waals surface area (Å²) in [5.74, 6) is -0.733. The predicted octanol–water partition coefficient (Wildman–Crippen LogP) is 3.85. The van der Waals surface area contributed by atoms with Crippen LogP contribution in [0.3, 0.4) is 0 Å². The minimum absolute atomic E-state index is 0.105. The Kier molecular flexibility index (Phi) is 6.99. The monoisotopic (exact) mass is 538 g/mol. The van der Waals surface area contributed by atoms with Crippen molar-refractivity contribution in [3.05, 3.63) is 88.2 Å².